The number of hydrogen-bond acceptors (Lipinski definition) is 5. The lowest BCUT2D eigenvalue weighted by molar-refractivity contribution is -0.192. The first kappa shape index (κ1) is 37.8. The fraction of sp³-hybridized carbons (Fsp3) is 0.595. The number of hydrogen-bond donors (Lipinski definition) is 2. The molecule has 45 heavy (non-hydrogen) atoms. The van der Waals surface area contributed by atoms with Crippen LogP contribution in [0.1, 0.15) is 127 Å². The van der Waals surface area contributed by atoms with Crippen LogP contribution in [-0.2, 0) is 32.4 Å². The van der Waals surface area contributed by atoms with Gasteiger partial charge >= 0.3 is 12.1 Å². The molecule has 0 saturated heterocycles. The van der Waals surface area contributed by atoms with Crippen molar-refractivity contribution in [2.75, 3.05) is 6.54 Å². The van der Waals surface area contributed by atoms with Gasteiger partial charge in [0.2, 0.25) is 5.91 Å². The molecule has 2 amide bonds. The molecule has 250 valence electrons. The van der Waals surface area contributed by atoms with Crippen LogP contribution in [0.25, 0.3) is 0 Å². The quantitative estimate of drug-likeness (QED) is 0.0799. The average molecular weight is 625 g/mol. The van der Waals surface area contributed by atoms with E-state index in [9.17, 15) is 19.5 Å². The number of carbonyl (C=O) groups is 3. The van der Waals surface area contributed by atoms with Crippen LogP contribution in [0.3, 0.4) is 0 Å². The monoisotopic (exact) mass is 624 g/mol. The Kier molecular flexibility index (Phi) is 20.9. The molecule has 0 spiro atoms. The Morgan fingerprint density at radius 1 is 0.689 bits per heavy atom. The number of unbranched alkanes of at least 4 members (excludes halogenated alkanes) is 13. The third kappa shape index (κ3) is 18.9. The van der Waals surface area contributed by atoms with Gasteiger partial charge in [-0.05, 0) is 36.8 Å². The summed E-state index contributed by atoms with van der Waals surface area (Å²) in [5.41, 5.74) is 1.79. The van der Waals surface area contributed by atoms with E-state index in [1.165, 1.54) is 69.3 Å². The van der Waals surface area contributed by atoms with Gasteiger partial charge in [0.25, 0.3) is 0 Å². The van der Waals surface area contributed by atoms with E-state index in [-0.39, 0.29) is 25.5 Å². The normalized spacial score (nSPS) is 11.6. The predicted molar refractivity (Wildman–Crippen MR) is 178 cm³/mol. The minimum atomic E-state index is -1.12. The number of carboxylic acids is 1. The molecule has 2 aromatic carbocycles. The number of nitrogens with zero attached hydrogens (tertiary/aromatic N) is 1. The number of alkyl carbamates (subject to hydrolysis) is 1. The highest BCUT2D eigenvalue weighted by molar-refractivity contribution is 5.79. The smallest absolute Gasteiger partial charge is 0.408 e. The maximum Gasteiger partial charge on any atom is 0.408 e. The summed E-state index contributed by atoms with van der Waals surface area (Å²) in [4.78, 5) is 42.9. The molecule has 0 radical (unpaired) electrons. The largest absolute Gasteiger partial charge is 0.480 e. The van der Waals surface area contributed by atoms with Crippen LogP contribution >= 0.6 is 0 Å². The molecule has 0 aliphatic heterocycles. The van der Waals surface area contributed by atoms with Crippen molar-refractivity contribution in [3.05, 3.63) is 71.8 Å². The Bertz CT molecular complexity index is 1050. The Labute approximate surface area is 270 Å². The molecule has 0 aliphatic rings. The van der Waals surface area contributed by atoms with Gasteiger partial charge in [-0.1, -0.05) is 145 Å². The van der Waals surface area contributed by atoms with Crippen molar-refractivity contribution in [3.8, 4) is 0 Å². The molecule has 2 N–H and O–H groups in total. The number of ether oxygens (including phenoxy) is 1. The molecule has 0 fully saturated rings. The number of hydroxylamine groups is 2. The number of carbonyl (C=O) groups excluding carboxylic acids is 2. The minimum absolute atomic E-state index is 0.0496. The molecule has 0 saturated carbocycles. The van der Waals surface area contributed by atoms with Gasteiger partial charge in [-0.25, -0.2) is 14.7 Å². The molecule has 0 bridgehead atoms. The van der Waals surface area contributed by atoms with Crippen molar-refractivity contribution in [2.45, 2.75) is 135 Å². The predicted octanol–water partition coefficient (Wildman–Crippen LogP) is 8.98. The van der Waals surface area contributed by atoms with Crippen molar-refractivity contribution in [1.82, 2.24) is 10.4 Å². The third-order valence-corrected chi connectivity index (χ3v) is 7.91. The van der Waals surface area contributed by atoms with Crippen molar-refractivity contribution in [1.29, 1.82) is 0 Å². The van der Waals surface area contributed by atoms with Crippen LogP contribution in [-0.4, -0.2) is 40.7 Å². The number of amides is 2. The van der Waals surface area contributed by atoms with Crippen LogP contribution in [0.15, 0.2) is 60.7 Å². The Balaban J connectivity index is 1.68. The first-order valence-corrected chi connectivity index (χ1v) is 17.2. The summed E-state index contributed by atoms with van der Waals surface area (Å²) in [5.74, 6) is -1.17. The lowest BCUT2D eigenvalue weighted by atomic mass is 10.0. The molecular weight excluding hydrogens is 568 g/mol. The van der Waals surface area contributed by atoms with Crippen molar-refractivity contribution in [2.24, 2.45) is 0 Å². The first-order valence-electron chi connectivity index (χ1n) is 17.2. The average Bonchev–Trinajstić information content (AvgIpc) is 3.05. The van der Waals surface area contributed by atoms with Crippen LogP contribution in [0, 0.1) is 0 Å². The molecule has 8 heteroatoms. The fourth-order valence-electron chi connectivity index (χ4n) is 5.17. The molecule has 2 aromatic rings. The van der Waals surface area contributed by atoms with Crippen molar-refractivity contribution < 1.29 is 29.1 Å². The van der Waals surface area contributed by atoms with Gasteiger partial charge in [-0.3, -0.25) is 9.63 Å². The van der Waals surface area contributed by atoms with Gasteiger partial charge in [0, 0.05) is 13.0 Å². The molecule has 0 aliphatic carbocycles. The van der Waals surface area contributed by atoms with Crippen molar-refractivity contribution in [3.63, 3.8) is 0 Å². The van der Waals surface area contributed by atoms with E-state index in [2.05, 4.69) is 12.2 Å². The van der Waals surface area contributed by atoms with E-state index in [1.807, 2.05) is 60.7 Å². The minimum Gasteiger partial charge on any atom is -0.480 e. The second-order valence-electron chi connectivity index (χ2n) is 11.8. The second kappa shape index (κ2) is 24.9. The Morgan fingerprint density at radius 2 is 1.20 bits per heavy atom. The summed E-state index contributed by atoms with van der Waals surface area (Å²) < 4.78 is 5.17. The van der Waals surface area contributed by atoms with E-state index in [0.717, 1.165) is 30.4 Å². The van der Waals surface area contributed by atoms with Gasteiger partial charge in [-0.15, -0.1) is 0 Å². The Hall–Kier alpha value is -3.39. The van der Waals surface area contributed by atoms with Gasteiger partial charge in [0.1, 0.15) is 19.3 Å². The maximum absolute atomic E-state index is 13.1. The topological polar surface area (TPSA) is 105 Å². The number of benzene rings is 2. The molecule has 0 aromatic heterocycles. The van der Waals surface area contributed by atoms with Crippen LogP contribution in [0.2, 0.25) is 0 Å². The Morgan fingerprint density at radius 3 is 1.73 bits per heavy atom. The zero-order chi connectivity index (χ0) is 32.4. The SMILES string of the molecule is CCCCCCCCCCCCCCCC(=O)N(CCCC[C@H](NC(=O)OCc1ccccc1)C(=O)O)OCc1ccccc1. The van der Waals surface area contributed by atoms with Crippen LogP contribution < -0.4 is 5.32 Å². The second-order valence-corrected chi connectivity index (χ2v) is 11.8. The van der Waals surface area contributed by atoms with Gasteiger partial charge in [0.15, 0.2) is 0 Å². The molecule has 8 nitrogen and oxygen atoms in total. The summed E-state index contributed by atoms with van der Waals surface area (Å²) in [7, 11) is 0. The summed E-state index contributed by atoms with van der Waals surface area (Å²) in [5, 5.41) is 13.5. The van der Waals surface area contributed by atoms with E-state index in [1.54, 1.807) is 0 Å². The number of carboxylic acid groups (broad SMARTS) is 1. The van der Waals surface area contributed by atoms with Crippen molar-refractivity contribution >= 4 is 18.0 Å². The standard InChI is InChI=1S/C37H56N2O6/c1-2-3-4-5-6-7-8-9-10-11-12-13-20-28-35(40)39(45-31-33-25-18-15-19-26-33)29-22-21-27-34(36(41)42)38-37(43)44-30-32-23-16-14-17-24-32/h14-19,23-26,34H,2-13,20-22,27-31H2,1H3,(H,38,43)(H,41,42)/t34-/m0/s1. The zero-order valence-corrected chi connectivity index (χ0v) is 27.4. The van der Waals surface area contributed by atoms with Crippen LogP contribution in [0.4, 0.5) is 4.79 Å². The summed E-state index contributed by atoms with van der Waals surface area (Å²) in [6, 6.07) is 17.8. The lowest BCUT2D eigenvalue weighted by Crippen LogP contribution is -2.41. The highest BCUT2D eigenvalue weighted by atomic mass is 16.7. The van der Waals surface area contributed by atoms with E-state index in [4.69, 9.17) is 9.57 Å². The van der Waals surface area contributed by atoms with E-state index in [0.29, 0.717) is 25.8 Å². The summed E-state index contributed by atoms with van der Waals surface area (Å²) >= 11 is 0. The van der Waals surface area contributed by atoms with E-state index < -0.39 is 18.1 Å². The third-order valence-electron chi connectivity index (χ3n) is 7.91. The van der Waals surface area contributed by atoms with Crippen LogP contribution in [0.5, 0.6) is 0 Å². The molecule has 0 heterocycles. The number of aliphatic carboxylic acids is 1. The lowest BCUT2D eigenvalue weighted by Gasteiger charge is -2.22. The molecule has 0 unspecified atom stereocenters. The van der Waals surface area contributed by atoms with E-state index >= 15 is 0 Å². The van der Waals surface area contributed by atoms with Gasteiger partial charge in [-0.2, -0.15) is 0 Å². The fourth-order valence-corrected chi connectivity index (χ4v) is 5.17. The first-order chi connectivity index (χ1) is 22.0. The highest BCUT2D eigenvalue weighted by Gasteiger charge is 2.21. The summed E-state index contributed by atoms with van der Waals surface area (Å²) in [6.45, 7) is 2.96. The number of nitrogens with one attached hydrogen (secondary N) is 1. The summed E-state index contributed by atoms with van der Waals surface area (Å²) in [6.07, 6.45) is 17.2. The molecule has 1 atom stereocenters. The number of rotatable bonds is 26. The van der Waals surface area contributed by atoms with Gasteiger partial charge < -0.3 is 15.2 Å². The van der Waals surface area contributed by atoms with Gasteiger partial charge in [0.05, 0.1) is 0 Å². The maximum atomic E-state index is 13.1. The molecular formula is C37H56N2O6. The molecule has 2 rings (SSSR count). The zero-order valence-electron chi connectivity index (χ0n) is 27.4. The highest BCUT2D eigenvalue weighted by Crippen LogP contribution is 2.15.